The Balaban J connectivity index is 2.12. The minimum atomic E-state index is -0.270. The number of rotatable bonds is 4. The van der Waals surface area contributed by atoms with Gasteiger partial charge in [-0.05, 0) is 12.1 Å². The van der Waals surface area contributed by atoms with E-state index in [4.69, 9.17) is 6.42 Å². The Morgan fingerprint density at radius 2 is 2.21 bits per heavy atom. The van der Waals surface area contributed by atoms with Crippen LogP contribution in [0.3, 0.4) is 0 Å². The van der Waals surface area contributed by atoms with E-state index < -0.39 is 0 Å². The molecule has 0 saturated heterocycles. The predicted octanol–water partition coefficient (Wildman–Crippen LogP) is 0.0844. The van der Waals surface area contributed by atoms with Gasteiger partial charge in [0.15, 0.2) is 0 Å². The van der Waals surface area contributed by atoms with Crippen LogP contribution in [-0.4, -0.2) is 29.0 Å². The van der Waals surface area contributed by atoms with Crippen molar-refractivity contribution in [3.05, 3.63) is 34.6 Å². The van der Waals surface area contributed by atoms with E-state index in [2.05, 4.69) is 26.5 Å². The zero-order valence-corrected chi connectivity index (χ0v) is 10.1. The molecule has 6 heteroatoms. The number of hydrogen-bond donors (Lipinski definition) is 3. The van der Waals surface area contributed by atoms with Crippen LogP contribution in [0.4, 0.5) is 5.95 Å². The molecule has 2 rings (SSSR count). The third kappa shape index (κ3) is 3.10. The number of aromatic amines is 1. The van der Waals surface area contributed by atoms with E-state index in [9.17, 15) is 9.59 Å². The van der Waals surface area contributed by atoms with Gasteiger partial charge in [0, 0.05) is 0 Å². The number of H-pyrrole nitrogens is 1. The third-order valence-corrected chi connectivity index (χ3v) is 2.42. The summed E-state index contributed by atoms with van der Waals surface area (Å²) in [5.41, 5.74) is 0.315. The van der Waals surface area contributed by atoms with Crippen molar-refractivity contribution in [1.29, 1.82) is 0 Å². The molecule has 0 bridgehead atoms. The van der Waals surface area contributed by atoms with Gasteiger partial charge in [0.2, 0.25) is 11.9 Å². The van der Waals surface area contributed by atoms with Gasteiger partial charge in [0.05, 0.1) is 24.0 Å². The number of nitrogens with one attached hydrogen (secondary N) is 3. The highest BCUT2D eigenvalue weighted by molar-refractivity contribution is 5.81. The highest BCUT2D eigenvalue weighted by Gasteiger charge is 2.04. The van der Waals surface area contributed by atoms with Crippen LogP contribution >= 0.6 is 0 Å². The molecule has 0 radical (unpaired) electrons. The van der Waals surface area contributed by atoms with Crippen molar-refractivity contribution in [2.45, 2.75) is 0 Å². The van der Waals surface area contributed by atoms with Gasteiger partial charge in [-0.3, -0.25) is 14.6 Å². The second kappa shape index (κ2) is 5.69. The maximum Gasteiger partial charge on any atom is 0.260 e. The van der Waals surface area contributed by atoms with Crippen molar-refractivity contribution in [3.63, 3.8) is 0 Å². The number of carbonyl (C=O) groups excluding carboxylic acids is 1. The fourth-order valence-corrected chi connectivity index (χ4v) is 1.55. The summed E-state index contributed by atoms with van der Waals surface area (Å²) >= 11 is 0. The van der Waals surface area contributed by atoms with Gasteiger partial charge in [0.1, 0.15) is 0 Å². The van der Waals surface area contributed by atoms with Crippen molar-refractivity contribution in [1.82, 2.24) is 15.3 Å². The zero-order valence-electron chi connectivity index (χ0n) is 10.1. The van der Waals surface area contributed by atoms with Crippen molar-refractivity contribution in [3.8, 4) is 12.3 Å². The monoisotopic (exact) mass is 256 g/mol. The van der Waals surface area contributed by atoms with Crippen LogP contribution in [0.5, 0.6) is 0 Å². The maximum atomic E-state index is 11.8. The molecule has 0 atom stereocenters. The summed E-state index contributed by atoms with van der Waals surface area (Å²) in [7, 11) is 0. The molecule has 19 heavy (non-hydrogen) atoms. The Kier molecular flexibility index (Phi) is 3.78. The highest BCUT2D eigenvalue weighted by Crippen LogP contribution is 2.07. The molecule has 0 unspecified atom stereocenters. The van der Waals surface area contributed by atoms with Crippen LogP contribution in [0.25, 0.3) is 10.9 Å². The summed E-state index contributed by atoms with van der Waals surface area (Å²) < 4.78 is 0. The molecule has 0 aliphatic heterocycles. The molecule has 2 aromatic rings. The van der Waals surface area contributed by atoms with E-state index in [0.29, 0.717) is 10.9 Å². The van der Waals surface area contributed by atoms with E-state index in [0.717, 1.165) is 0 Å². The van der Waals surface area contributed by atoms with Gasteiger partial charge < -0.3 is 10.6 Å². The minimum absolute atomic E-state index is 0.0110. The standard InChI is InChI=1S/C13H12N4O2/c1-2-7-14-11(18)8-15-13-16-10-6-4-3-5-9(10)12(19)17-13/h1,3-6H,7-8H2,(H,14,18)(H2,15,16,17,19). The summed E-state index contributed by atoms with van der Waals surface area (Å²) in [5.74, 6) is 2.28. The highest BCUT2D eigenvalue weighted by atomic mass is 16.2. The number of benzene rings is 1. The molecule has 0 aliphatic rings. The Morgan fingerprint density at radius 3 is 3.00 bits per heavy atom. The lowest BCUT2D eigenvalue weighted by atomic mass is 10.2. The Hall–Kier alpha value is -2.81. The van der Waals surface area contributed by atoms with E-state index in [1.165, 1.54) is 0 Å². The fourth-order valence-electron chi connectivity index (χ4n) is 1.55. The lowest BCUT2D eigenvalue weighted by Crippen LogP contribution is -2.30. The molecule has 6 nitrogen and oxygen atoms in total. The van der Waals surface area contributed by atoms with E-state index in [1.807, 2.05) is 0 Å². The largest absolute Gasteiger partial charge is 0.347 e. The van der Waals surface area contributed by atoms with Crippen molar-refractivity contribution >= 4 is 22.8 Å². The number of aromatic nitrogens is 2. The number of terminal acetylenes is 1. The SMILES string of the molecule is C#CCNC(=O)CNc1nc2ccccc2c(=O)[nH]1. The first-order valence-corrected chi connectivity index (χ1v) is 5.64. The van der Waals surface area contributed by atoms with Gasteiger partial charge in [-0.1, -0.05) is 18.1 Å². The van der Waals surface area contributed by atoms with Crippen LogP contribution < -0.4 is 16.2 Å². The normalized spacial score (nSPS) is 9.84. The molecule has 1 amide bonds. The second-order valence-corrected chi connectivity index (χ2v) is 3.77. The predicted molar refractivity (Wildman–Crippen MR) is 72.7 cm³/mol. The molecule has 3 N–H and O–H groups in total. The van der Waals surface area contributed by atoms with Crippen LogP contribution in [0, 0.1) is 12.3 Å². The molecule has 0 aliphatic carbocycles. The van der Waals surface area contributed by atoms with Gasteiger partial charge in [-0.2, -0.15) is 0 Å². The first kappa shape index (κ1) is 12.6. The van der Waals surface area contributed by atoms with Gasteiger partial charge in [-0.15, -0.1) is 6.42 Å². The van der Waals surface area contributed by atoms with Crippen LogP contribution in [0.15, 0.2) is 29.1 Å². The summed E-state index contributed by atoms with van der Waals surface area (Å²) in [5, 5.41) is 5.74. The first-order valence-electron chi connectivity index (χ1n) is 5.64. The number of fused-ring (bicyclic) bond motifs is 1. The summed E-state index contributed by atoms with van der Waals surface area (Å²) in [6, 6.07) is 6.97. The van der Waals surface area contributed by atoms with Gasteiger partial charge in [0.25, 0.3) is 5.56 Å². The summed E-state index contributed by atoms with van der Waals surface area (Å²) in [6.07, 6.45) is 5.02. The van der Waals surface area contributed by atoms with Gasteiger partial charge >= 0.3 is 0 Å². The topological polar surface area (TPSA) is 86.9 Å². The molecule has 0 spiro atoms. The molecular formula is C13H12N4O2. The van der Waals surface area contributed by atoms with Crippen LogP contribution in [0.2, 0.25) is 0 Å². The van der Waals surface area contributed by atoms with Crippen LogP contribution in [0.1, 0.15) is 0 Å². The quantitative estimate of drug-likeness (QED) is 0.676. The van der Waals surface area contributed by atoms with Crippen molar-refractivity contribution in [2.75, 3.05) is 18.4 Å². The van der Waals surface area contributed by atoms with Crippen LogP contribution in [-0.2, 0) is 4.79 Å². The zero-order chi connectivity index (χ0) is 13.7. The Labute approximate surface area is 109 Å². The molecular weight excluding hydrogens is 244 g/mol. The minimum Gasteiger partial charge on any atom is -0.347 e. The molecule has 96 valence electrons. The van der Waals surface area contributed by atoms with Crippen molar-refractivity contribution < 1.29 is 4.79 Å². The number of hydrogen-bond acceptors (Lipinski definition) is 4. The number of amides is 1. The molecule has 1 aromatic heterocycles. The third-order valence-electron chi connectivity index (χ3n) is 2.42. The van der Waals surface area contributed by atoms with E-state index in [1.54, 1.807) is 24.3 Å². The number of nitrogens with zero attached hydrogens (tertiary/aromatic N) is 1. The lowest BCUT2D eigenvalue weighted by molar-refractivity contribution is -0.119. The number of carbonyl (C=O) groups is 1. The van der Waals surface area contributed by atoms with Crippen molar-refractivity contribution in [2.24, 2.45) is 0 Å². The lowest BCUT2D eigenvalue weighted by Gasteiger charge is -2.06. The smallest absolute Gasteiger partial charge is 0.260 e. The Bertz CT molecular complexity index is 700. The summed E-state index contributed by atoms with van der Waals surface area (Å²) in [4.78, 5) is 29.9. The Morgan fingerprint density at radius 1 is 1.42 bits per heavy atom. The molecule has 1 heterocycles. The van der Waals surface area contributed by atoms with Gasteiger partial charge in [-0.25, -0.2) is 4.98 Å². The first-order chi connectivity index (χ1) is 9.20. The summed E-state index contributed by atoms with van der Waals surface area (Å²) in [6.45, 7) is 0.158. The van der Waals surface area contributed by atoms with E-state index >= 15 is 0 Å². The average molecular weight is 256 g/mol. The van der Waals surface area contributed by atoms with E-state index in [-0.39, 0.29) is 30.5 Å². The molecule has 1 aromatic carbocycles. The maximum absolute atomic E-state index is 11.8. The number of para-hydroxylation sites is 1. The average Bonchev–Trinajstić information content (AvgIpc) is 2.43. The molecule has 0 saturated carbocycles. The second-order valence-electron chi connectivity index (χ2n) is 3.77. The fraction of sp³-hybridized carbons (Fsp3) is 0.154. The number of anilines is 1. The molecule has 0 fully saturated rings.